The normalized spacial score (nSPS) is 15.1. The third kappa shape index (κ3) is 7.28. The van der Waals surface area contributed by atoms with Gasteiger partial charge in [-0.2, -0.15) is 0 Å². The molecule has 0 radical (unpaired) electrons. The summed E-state index contributed by atoms with van der Waals surface area (Å²) < 4.78 is 5.49. The van der Waals surface area contributed by atoms with Gasteiger partial charge in [-0.1, -0.05) is 30.3 Å². The van der Waals surface area contributed by atoms with Crippen LogP contribution in [0.2, 0.25) is 0 Å². The Labute approximate surface area is 196 Å². The Morgan fingerprint density at radius 2 is 1.74 bits per heavy atom. The summed E-state index contributed by atoms with van der Waals surface area (Å²) in [6, 6.07) is 17.5. The summed E-state index contributed by atoms with van der Waals surface area (Å²) in [5.74, 6) is 0.918. The number of nitrogens with zero attached hydrogens (tertiary/aromatic N) is 3. The molecule has 1 heterocycles. The van der Waals surface area contributed by atoms with E-state index in [4.69, 9.17) is 16.3 Å². The Kier molecular flexibility index (Phi) is 10.4. The summed E-state index contributed by atoms with van der Waals surface area (Å²) >= 11 is 6.55. The molecule has 0 aromatic heterocycles. The summed E-state index contributed by atoms with van der Waals surface area (Å²) in [5.41, 5.74) is 1.84. The van der Waals surface area contributed by atoms with Crippen molar-refractivity contribution in [1.82, 2.24) is 15.1 Å². The molecule has 6 nitrogen and oxygen atoms in total. The molecule has 3 rings (SSSR count). The van der Waals surface area contributed by atoms with Gasteiger partial charge in [0.15, 0.2) is 0 Å². The molecule has 1 aliphatic rings. The smallest absolute Gasteiger partial charge is 0.254 e. The number of methoxy groups -OCH3 is 1. The molecule has 1 saturated heterocycles. The molecule has 0 saturated carbocycles. The van der Waals surface area contributed by atoms with E-state index in [9.17, 15) is 4.79 Å². The fourth-order valence-electron chi connectivity index (χ4n) is 3.67. The number of halogens is 2. The van der Waals surface area contributed by atoms with Gasteiger partial charge in [-0.15, -0.1) is 24.0 Å². The van der Waals surface area contributed by atoms with Gasteiger partial charge in [0, 0.05) is 51.9 Å². The Bertz CT molecular complexity index is 801. The van der Waals surface area contributed by atoms with Gasteiger partial charge in [-0.3, -0.25) is 15.0 Å². The molecule has 31 heavy (non-hydrogen) atoms. The van der Waals surface area contributed by atoms with Gasteiger partial charge < -0.3 is 14.5 Å². The number of carbonyl (C=O) groups is 1. The van der Waals surface area contributed by atoms with Gasteiger partial charge in [-0.05, 0) is 24.3 Å². The lowest BCUT2D eigenvalue weighted by molar-refractivity contribution is 0.0783. The zero-order valence-corrected chi connectivity index (χ0v) is 19.7. The predicted octanol–water partition coefficient (Wildman–Crippen LogP) is 3.17. The Morgan fingerprint density at radius 3 is 2.42 bits per heavy atom. The maximum absolute atomic E-state index is 12.4. The first-order valence-corrected chi connectivity index (χ1v) is 10.8. The van der Waals surface area contributed by atoms with Gasteiger partial charge in [0.05, 0.1) is 24.8 Å². The van der Waals surface area contributed by atoms with Crippen LogP contribution < -0.4 is 15.0 Å². The average Bonchev–Trinajstić information content (AvgIpc) is 2.79. The van der Waals surface area contributed by atoms with Crippen LogP contribution in [0.1, 0.15) is 10.4 Å². The van der Waals surface area contributed by atoms with E-state index in [1.165, 1.54) is 0 Å². The van der Waals surface area contributed by atoms with Crippen molar-refractivity contribution in [2.75, 3.05) is 65.0 Å². The van der Waals surface area contributed by atoms with Crippen molar-refractivity contribution in [1.29, 1.82) is 0 Å². The number of para-hydroxylation sites is 2. The number of ether oxygens (including phenoxy) is 1. The standard InChI is InChI=1S/C23H31ClN4O2.ClH/c1-26(23(29)19-8-4-3-5-9-19)18-25-16-20(24)17-27-12-14-28(15-13-27)21-10-6-7-11-22(21)30-2;/h3-11,20,25H,12-18H2,1-2H3;1H. The number of alkyl halides is 1. The van der Waals surface area contributed by atoms with Crippen LogP contribution in [0.15, 0.2) is 54.6 Å². The summed E-state index contributed by atoms with van der Waals surface area (Å²) in [7, 11) is 3.51. The third-order valence-corrected chi connectivity index (χ3v) is 5.63. The lowest BCUT2D eigenvalue weighted by Gasteiger charge is -2.37. The van der Waals surface area contributed by atoms with Crippen molar-refractivity contribution in [2.24, 2.45) is 0 Å². The van der Waals surface area contributed by atoms with Crippen LogP contribution >= 0.6 is 24.0 Å². The number of hydrogen-bond acceptors (Lipinski definition) is 5. The van der Waals surface area contributed by atoms with E-state index in [0.29, 0.717) is 18.8 Å². The highest BCUT2D eigenvalue weighted by molar-refractivity contribution is 6.21. The molecular formula is C23H32Cl2N4O2. The number of amides is 1. The van der Waals surface area contributed by atoms with E-state index in [1.54, 1.807) is 19.1 Å². The van der Waals surface area contributed by atoms with E-state index < -0.39 is 0 Å². The second-order valence-electron chi connectivity index (χ2n) is 7.54. The minimum absolute atomic E-state index is 0. The van der Waals surface area contributed by atoms with Crippen molar-refractivity contribution in [3.63, 3.8) is 0 Å². The first kappa shape index (κ1) is 25.3. The van der Waals surface area contributed by atoms with Crippen LogP contribution in [0.4, 0.5) is 5.69 Å². The number of hydrogen-bond donors (Lipinski definition) is 1. The monoisotopic (exact) mass is 466 g/mol. The van der Waals surface area contributed by atoms with Crippen molar-refractivity contribution >= 4 is 35.6 Å². The molecule has 8 heteroatoms. The first-order valence-electron chi connectivity index (χ1n) is 10.3. The van der Waals surface area contributed by atoms with E-state index in [2.05, 4.69) is 21.2 Å². The number of rotatable bonds is 9. The number of nitrogens with one attached hydrogen (secondary N) is 1. The van der Waals surface area contributed by atoms with Gasteiger partial charge in [0.2, 0.25) is 0 Å². The molecule has 0 aliphatic carbocycles. The second kappa shape index (κ2) is 12.8. The maximum Gasteiger partial charge on any atom is 0.254 e. The zero-order chi connectivity index (χ0) is 21.3. The highest BCUT2D eigenvalue weighted by Gasteiger charge is 2.21. The summed E-state index contributed by atoms with van der Waals surface area (Å²) in [4.78, 5) is 18.8. The number of piperazine rings is 1. The molecule has 2 aromatic rings. The Morgan fingerprint density at radius 1 is 1.10 bits per heavy atom. The molecule has 2 aromatic carbocycles. The van der Waals surface area contributed by atoms with Gasteiger partial charge >= 0.3 is 0 Å². The number of carbonyl (C=O) groups excluding carboxylic acids is 1. The molecule has 1 fully saturated rings. The van der Waals surface area contributed by atoms with E-state index in [1.807, 2.05) is 48.5 Å². The van der Waals surface area contributed by atoms with Crippen molar-refractivity contribution in [3.8, 4) is 5.75 Å². The van der Waals surface area contributed by atoms with Gasteiger partial charge in [0.1, 0.15) is 5.75 Å². The predicted molar refractivity (Wildman–Crippen MR) is 130 cm³/mol. The Balaban J connectivity index is 0.00000341. The van der Waals surface area contributed by atoms with Crippen molar-refractivity contribution in [3.05, 3.63) is 60.2 Å². The van der Waals surface area contributed by atoms with Crippen LogP contribution in [-0.2, 0) is 0 Å². The van der Waals surface area contributed by atoms with E-state index in [0.717, 1.165) is 44.2 Å². The molecule has 1 unspecified atom stereocenters. The van der Waals surface area contributed by atoms with Crippen LogP contribution in [-0.4, -0.2) is 81.2 Å². The van der Waals surface area contributed by atoms with Crippen LogP contribution in [0.3, 0.4) is 0 Å². The molecule has 170 valence electrons. The van der Waals surface area contributed by atoms with Crippen LogP contribution in [0.5, 0.6) is 5.75 Å². The number of anilines is 1. The lowest BCUT2D eigenvalue weighted by atomic mass is 10.2. The second-order valence-corrected chi connectivity index (χ2v) is 8.16. The third-order valence-electron chi connectivity index (χ3n) is 5.34. The van der Waals surface area contributed by atoms with Gasteiger partial charge in [0.25, 0.3) is 5.91 Å². The fourth-order valence-corrected chi connectivity index (χ4v) is 3.97. The number of benzene rings is 2. The quantitative estimate of drug-likeness (QED) is 0.454. The maximum atomic E-state index is 12.4. The van der Waals surface area contributed by atoms with Gasteiger partial charge in [-0.25, -0.2) is 0 Å². The topological polar surface area (TPSA) is 48.1 Å². The zero-order valence-electron chi connectivity index (χ0n) is 18.2. The molecule has 1 aliphatic heterocycles. The molecule has 0 spiro atoms. The van der Waals surface area contributed by atoms with E-state index >= 15 is 0 Å². The highest BCUT2D eigenvalue weighted by atomic mass is 35.5. The van der Waals surface area contributed by atoms with Crippen molar-refractivity contribution in [2.45, 2.75) is 5.38 Å². The lowest BCUT2D eigenvalue weighted by Crippen LogP contribution is -2.49. The van der Waals surface area contributed by atoms with Crippen molar-refractivity contribution < 1.29 is 9.53 Å². The largest absolute Gasteiger partial charge is 0.495 e. The van der Waals surface area contributed by atoms with Crippen LogP contribution in [0.25, 0.3) is 0 Å². The molecular weight excluding hydrogens is 435 g/mol. The summed E-state index contributed by atoms with van der Waals surface area (Å²) in [6.45, 7) is 5.78. The average molecular weight is 467 g/mol. The highest BCUT2D eigenvalue weighted by Crippen LogP contribution is 2.28. The fraction of sp³-hybridized carbons (Fsp3) is 0.435. The SMILES string of the molecule is COc1ccccc1N1CCN(CC(Cl)CNCN(C)C(=O)c2ccccc2)CC1.Cl. The molecule has 1 atom stereocenters. The Hall–Kier alpha value is -1.99. The minimum atomic E-state index is -0.0111. The molecule has 1 amide bonds. The molecule has 0 bridgehead atoms. The first-order chi connectivity index (χ1) is 14.6. The van der Waals surface area contributed by atoms with E-state index in [-0.39, 0.29) is 23.7 Å². The summed E-state index contributed by atoms with van der Waals surface area (Å²) in [6.07, 6.45) is 0. The van der Waals surface area contributed by atoms with Crippen LogP contribution in [0, 0.1) is 0 Å². The minimum Gasteiger partial charge on any atom is -0.495 e. The molecule has 1 N–H and O–H groups in total. The summed E-state index contributed by atoms with van der Waals surface area (Å²) in [5, 5.41) is 3.28.